The third kappa shape index (κ3) is 3.08. The molecule has 5 heteroatoms. The van der Waals surface area contributed by atoms with Crippen molar-refractivity contribution in [1.29, 1.82) is 0 Å². The fourth-order valence-electron chi connectivity index (χ4n) is 3.34. The number of nitrogens with zero attached hydrogens (tertiary/aromatic N) is 1. The SMILES string of the molecule is O=CC[C@@H]1C=C(c2ccccc2)C[C@H](c2ccco2)[C@H]1[N+](=O)[O-]. The lowest BCUT2D eigenvalue weighted by atomic mass is 9.74. The van der Waals surface area contributed by atoms with Crippen LogP contribution in [0.1, 0.15) is 30.1 Å². The summed E-state index contributed by atoms with van der Waals surface area (Å²) >= 11 is 0. The van der Waals surface area contributed by atoms with Crippen LogP contribution in [0.15, 0.2) is 59.2 Å². The van der Waals surface area contributed by atoms with Crippen molar-refractivity contribution in [3.05, 3.63) is 76.2 Å². The molecule has 1 aromatic heterocycles. The fourth-order valence-corrected chi connectivity index (χ4v) is 3.34. The highest BCUT2D eigenvalue weighted by Crippen LogP contribution is 2.42. The molecule has 118 valence electrons. The molecular formula is C18H17NO4. The van der Waals surface area contributed by atoms with E-state index in [4.69, 9.17) is 4.42 Å². The van der Waals surface area contributed by atoms with Crippen molar-refractivity contribution in [1.82, 2.24) is 0 Å². The third-order valence-electron chi connectivity index (χ3n) is 4.37. The molecule has 1 aliphatic rings. The Morgan fingerprint density at radius 2 is 2.00 bits per heavy atom. The van der Waals surface area contributed by atoms with E-state index in [9.17, 15) is 14.9 Å². The van der Waals surface area contributed by atoms with Crippen molar-refractivity contribution in [3.63, 3.8) is 0 Å². The van der Waals surface area contributed by atoms with Crippen molar-refractivity contribution in [2.24, 2.45) is 5.92 Å². The first-order chi connectivity index (χ1) is 11.2. The van der Waals surface area contributed by atoms with Crippen molar-refractivity contribution in [2.45, 2.75) is 24.8 Å². The van der Waals surface area contributed by atoms with Gasteiger partial charge >= 0.3 is 0 Å². The lowest BCUT2D eigenvalue weighted by Gasteiger charge is -2.30. The van der Waals surface area contributed by atoms with Gasteiger partial charge in [0.25, 0.3) is 0 Å². The largest absolute Gasteiger partial charge is 0.469 e. The summed E-state index contributed by atoms with van der Waals surface area (Å²) in [5, 5.41) is 11.6. The van der Waals surface area contributed by atoms with Gasteiger partial charge in [-0.1, -0.05) is 36.4 Å². The van der Waals surface area contributed by atoms with Crippen LogP contribution in [-0.2, 0) is 4.79 Å². The zero-order valence-corrected chi connectivity index (χ0v) is 12.5. The number of hydrogen-bond donors (Lipinski definition) is 0. The molecule has 0 radical (unpaired) electrons. The Morgan fingerprint density at radius 3 is 2.61 bits per heavy atom. The van der Waals surface area contributed by atoms with Crippen LogP contribution < -0.4 is 0 Å². The number of hydrogen-bond acceptors (Lipinski definition) is 4. The number of nitro groups is 1. The van der Waals surface area contributed by atoms with Crippen molar-refractivity contribution >= 4 is 11.9 Å². The second-order valence-electron chi connectivity index (χ2n) is 5.73. The van der Waals surface area contributed by atoms with E-state index in [0.717, 1.165) is 17.4 Å². The lowest BCUT2D eigenvalue weighted by molar-refractivity contribution is -0.535. The van der Waals surface area contributed by atoms with Crippen molar-refractivity contribution in [2.75, 3.05) is 0 Å². The van der Waals surface area contributed by atoms with E-state index in [0.29, 0.717) is 12.2 Å². The second kappa shape index (κ2) is 6.60. The molecule has 1 aromatic carbocycles. The molecule has 0 bridgehead atoms. The summed E-state index contributed by atoms with van der Waals surface area (Å²) < 4.78 is 5.44. The second-order valence-corrected chi connectivity index (χ2v) is 5.73. The maximum atomic E-state index is 11.6. The van der Waals surface area contributed by atoms with E-state index in [1.165, 1.54) is 6.26 Å². The van der Waals surface area contributed by atoms with Gasteiger partial charge in [-0.05, 0) is 29.7 Å². The van der Waals surface area contributed by atoms with E-state index in [2.05, 4.69) is 0 Å². The zero-order chi connectivity index (χ0) is 16.2. The lowest BCUT2D eigenvalue weighted by Crippen LogP contribution is -2.37. The zero-order valence-electron chi connectivity index (χ0n) is 12.5. The van der Waals surface area contributed by atoms with Crippen LogP contribution in [0, 0.1) is 16.0 Å². The summed E-state index contributed by atoms with van der Waals surface area (Å²) in [5.74, 6) is -0.198. The summed E-state index contributed by atoms with van der Waals surface area (Å²) in [5.41, 5.74) is 2.05. The van der Waals surface area contributed by atoms with Gasteiger partial charge in [-0.15, -0.1) is 0 Å². The van der Waals surface area contributed by atoms with Gasteiger partial charge in [0, 0.05) is 11.3 Å². The molecule has 0 aliphatic heterocycles. The number of carbonyl (C=O) groups is 1. The Labute approximate surface area is 133 Å². The predicted octanol–water partition coefficient (Wildman–Crippen LogP) is 3.70. The van der Waals surface area contributed by atoms with Crippen LogP contribution in [0.5, 0.6) is 0 Å². The molecule has 23 heavy (non-hydrogen) atoms. The van der Waals surface area contributed by atoms with Crippen LogP contribution in [0.3, 0.4) is 0 Å². The molecule has 1 heterocycles. The van der Waals surface area contributed by atoms with Gasteiger partial charge in [-0.25, -0.2) is 0 Å². The minimum Gasteiger partial charge on any atom is -0.469 e. The molecular weight excluding hydrogens is 294 g/mol. The molecule has 0 N–H and O–H groups in total. The number of benzene rings is 1. The molecule has 0 amide bonds. The first-order valence-corrected chi connectivity index (χ1v) is 7.57. The predicted molar refractivity (Wildman–Crippen MR) is 85.4 cm³/mol. The minimum atomic E-state index is -0.848. The molecule has 3 rings (SSSR count). The molecule has 3 atom stereocenters. The quantitative estimate of drug-likeness (QED) is 0.479. The number of rotatable bonds is 5. The molecule has 2 aromatic rings. The van der Waals surface area contributed by atoms with E-state index < -0.39 is 12.0 Å². The molecule has 0 unspecified atom stereocenters. The Kier molecular flexibility index (Phi) is 4.37. The Bertz CT molecular complexity index is 706. The van der Waals surface area contributed by atoms with Gasteiger partial charge in [-0.2, -0.15) is 0 Å². The first kappa shape index (κ1) is 15.2. The third-order valence-corrected chi connectivity index (χ3v) is 4.37. The standard InChI is InChI=1S/C18H17NO4/c20-9-8-14-11-15(13-5-2-1-3-6-13)12-16(18(14)19(21)22)17-7-4-10-23-17/h1-7,9-11,14,16,18H,8,12H2/t14-,16-,18+/m1/s1. The van der Waals surface area contributed by atoms with Gasteiger partial charge < -0.3 is 9.21 Å². The molecule has 0 spiro atoms. The smallest absolute Gasteiger partial charge is 0.229 e. The van der Waals surface area contributed by atoms with E-state index in [-0.39, 0.29) is 17.3 Å². The van der Waals surface area contributed by atoms with E-state index >= 15 is 0 Å². The van der Waals surface area contributed by atoms with Crippen molar-refractivity contribution < 1.29 is 14.1 Å². The van der Waals surface area contributed by atoms with Crippen LogP contribution in [0.4, 0.5) is 0 Å². The number of aldehydes is 1. The maximum absolute atomic E-state index is 11.6. The summed E-state index contributed by atoms with van der Waals surface area (Å²) in [6.45, 7) is 0. The number of allylic oxidation sites excluding steroid dienone is 1. The summed E-state index contributed by atoms with van der Waals surface area (Å²) in [7, 11) is 0. The highest BCUT2D eigenvalue weighted by molar-refractivity contribution is 5.68. The Balaban J connectivity index is 2.04. The van der Waals surface area contributed by atoms with E-state index in [1.807, 2.05) is 36.4 Å². The normalized spacial score (nSPS) is 24.0. The van der Waals surface area contributed by atoms with E-state index in [1.54, 1.807) is 12.1 Å². The number of furan rings is 1. The summed E-state index contributed by atoms with van der Waals surface area (Å²) in [6, 6.07) is 12.4. The van der Waals surface area contributed by atoms with Crippen LogP contribution in [0.2, 0.25) is 0 Å². The topological polar surface area (TPSA) is 73.3 Å². The molecule has 0 fully saturated rings. The van der Waals surface area contributed by atoms with Crippen LogP contribution in [0.25, 0.3) is 5.57 Å². The van der Waals surface area contributed by atoms with Gasteiger partial charge in [0.2, 0.25) is 6.04 Å². The number of carbonyl (C=O) groups excluding carboxylic acids is 1. The van der Waals surface area contributed by atoms with Gasteiger partial charge in [-0.3, -0.25) is 10.1 Å². The van der Waals surface area contributed by atoms with Gasteiger partial charge in [0.1, 0.15) is 12.0 Å². The Hall–Kier alpha value is -2.69. The molecule has 0 saturated heterocycles. The monoisotopic (exact) mass is 311 g/mol. The van der Waals surface area contributed by atoms with Crippen molar-refractivity contribution in [3.8, 4) is 0 Å². The van der Waals surface area contributed by atoms with Gasteiger partial charge in [0.15, 0.2) is 0 Å². The molecule has 0 saturated carbocycles. The molecule has 1 aliphatic carbocycles. The fraction of sp³-hybridized carbons (Fsp3) is 0.278. The average Bonchev–Trinajstić information content (AvgIpc) is 3.09. The van der Waals surface area contributed by atoms with Crippen LogP contribution >= 0.6 is 0 Å². The highest BCUT2D eigenvalue weighted by atomic mass is 16.6. The Morgan fingerprint density at radius 1 is 1.22 bits per heavy atom. The molecule has 5 nitrogen and oxygen atoms in total. The van der Waals surface area contributed by atoms with Crippen LogP contribution in [-0.4, -0.2) is 17.3 Å². The first-order valence-electron chi connectivity index (χ1n) is 7.57. The summed E-state index contributed by atoms with van der Waals surface area (Å²) in [6.07, 6.45) is 4.83. The maximum Gasteiger partial charge on any atom is 0.229 e. The summed E-state index contributed by atoms with van der Waals surface area (Å²) in [4.78, 5) is 22.3. The minimum absolute atomic E-state index is 0.138. The average molecular weight is 311 g/mol. The highest BCUT2D eigenvalue weighted by Gasteiger charge is 2.43. The van der Waals surface area contributed by atoms with Gasteiger partial charge in [0.05, 0.1) is 18.1 Å².